The van der Waals surface area contributed by atoms with Gasteiger partial charge in [-0.25, -0.2) is 4.79 Å². The minimum Gasteiger partial charge on any atom is -0.534 e. The van der Waals surface area contributed by atoms with Gasteiger partial charge in [0.15, 0.2) is 0 Å². The van der Waals surface area contributed by atoms with E-state index in [1.165, 1.54) is 10.4 Å². The normalized spacial score (nSPS) is 11.8. The summed E-state index contributed by atoms with van der Waals surface area (Å²) in [4.78, 5) is 11.2. The number of carbonyl (C=O) groups is 1. The number of aromatic carboxylic acids is 1. The molecule has 0 fully saturated rings. The third kappa shape index (κ3) is 3.66. The highest BCUT2D eigenvalue weighted by Crippen LogP contribution is 2.37. The molecule has 3 aromatic rings. The molecule has 0 aliphatic heterocycles. The maximum atomic E-state index is 11.2. The van der Waals surface area contributed by atoms with E-state index in [2.05, 4.69) is 45.0 Å². The van der Waals surface area contributed by atoms with E-state index in [0.29, 0.717) is 5.75 Å². The molecule has 138 valence electrons. The summed E-state index contributed by atoms with van der Waals surface area (Å²) in [6.45, 7) is 6.64. The topological polar surface area (TPSA) is 46.5 Å². The lowest BCUT2D eigenvalue weighted by atomic mass is 10.2. The zero-order valence-electron chi connectivity index (χ0n) is 15.8. The molecular weight excluding hydrogens is 352 g/mol. The molecule has 3 nitrogen and oxygen atoms in total. The molecule has 0 aromatic heterocycles. The number of carboxylic acid groups (broad SMARTS) is 1. The first-order valence-electron chi connectivity index (χ1n) is 8.98. The Morgan fingerprint density at radius 3 is 1.59 bits per heavy atom. The van der Waals surface area contributed by atoms with Gasteiger partial charge >= 0.3 is 14.3 Å². The van der Waals surface area contributed by atoms with Crippen LogP contribution in [-0.2, 0) is 0 Å². The second-order valence-electron chi connectivity index (χ2n) is 7.59. The lowest BCUT2D eigenvalue weighted by Crippen LogP contribution is -2.68. The molecule has 0 unspecified atom stereocenters. The lowest BCUT2D eigenvalue weighted by molar-refractivity contribution is 0.0697. The van der Waals surface area contributed by atoms with Gasteiger partial charge in [0.25, 0.3) is 0 Å². The summed E-state index contributed by atoms with van der Waals surface area (Å²) in [5.41, 5.74) is 0.254. The molecule has 3 aromatic carbocycles. The second-order valence-corrected chi connectivity index (χ2v) is 11.8. The molecule has 0 amide bonds. The van der Waals surface area contributed by atoms with E-state index in [-0.39, 0.29) is 10.6 Å². The lowest BCUT2D eigenvalue weighted by Gasteiger charge is -2.43. The van der Waals surface area contributed by atoms with Gasteiger partial charge in [0.2, 0.25) is 0 Å². The third-order valence-corrected chi connectivity index (χ3v) is 9.74. The Bertz CT molecular complexity index is 858. The Kier molecular flexibility index (Phi) is 5.19. The molecule has 0 radical (unpaired) electrons. The van der Waals surface area contributed by atoms with Crippen molar-refractivity contribution in [3.63, 3.8) is 0 Å². The molecule has 0 spiro atoms. The molecule has 0 saturated carbocycles. The van der Waals surface area contributed by atoms with Crippen LogP contribution < -0.4 is 14.8 Å². The Labute approximate surface area is 161 Å². The van der Waals surface area contributed by atoms with Crippen molar-refractivity contribution in [3.8, 4) is 5.75 Å². The van der Waals surface area contributed by atoms with Crippen molar-refractivity contribution in [2.24, 2.45) is 0 Å². The van der Waals surface area contributed by atoms with Gasteiger partial charge in [-0.1, -0.05) is 81.4 Å². The first-order valence-corrected chi connectivity index (χ1v) is 10.9. The SMILES string of the molecule is CC(C)(C)[Si](Oc1ccc(C(=O)O)cc1)(c1ccccc1)c1ccccc1. The first-order chi connectivity index (χ1) is 12.8. The number of rotatable bonds is 5. The Balaban J connectivity index is 2.19. The van der Waals surface area contributed by atoms with Gasteiger partial charge in [-0.05, 0) is 39.7 Å². The van der Waals surface area contributed by atoms with Crippen molar-refractivity contribution in [1.29, 1.82) is 0 Å². The fourth-order valence-corrected chi connectivity index (χ4v) is 7.91. The quantitative estimate of drug-likeness (QED) is 0.675. The number of carboxylic acids is 1. The van der Waals surface area contributed by atoms with Crippen molar-refractivity contribution >= 4 is 24.7 Å². The monoisotopic (exact) mass is 376 g/mol. The van der Waals surface area contributed by atoms with Crippen molar-refractivity contribution < 1.29 is 14.3 Å². The van der Waals surface area contributed by atoms with E-state index in [4.69, 9.17) is 9.53 Å². The van der Waals surface area contributed by atoms with Gasteiger partial charge in [0.05, 0.1) is 5.56 Å². The summed E-state index contributed by atoms with van der Waals surface area (Å²) in [5.74, 6) is -0.249. The number of hydrogen-bond donors (Lipinski definition) is 1. The smallest absolute Gasteiger partial charge is 0.335 e. The third-order valence-electron chi connectivity index (χ3n) is 4.79. The zero-order valence-corrected chi connectivity index (χ0v) is 16.8. The van der Waals surface area contributed by atoms with E-state index in [1.807, 2.05) is 36.4 Å². The van der Waals surface area contributed by atoms with E-state index < -0.39 is 14.3 Å². The highest BCUT2D eigenvalue weighted by Gasteiger charge is 2.52. The fourth-order valence-electron chi connectivity index (χ4n) is 3.49. The van der Waals surface area contributed by atoms with Crippen LogP contribution in [0.15, 0.2) is 84.9 Å². The highest BCUT2D eigenvalue weighted by atomic mass is 28.4. The summed E-state index contributed by atoms with van der Waals surface area (Å²) in [5, 5.41) is 11.4. The highest BCUT2D eigenvalue weighted by molar-refractivity contribution is 7.00. The predicted octanol–water partition coefficient (Wildman–Crippen LogP) is 4.32. The molecular formula is C23H24O3Si. The fraction of sp³-hybridized carbons (Fsp3) is 0.174. The van der Waals surface area contributed by atoms with Crippen LogP contribution in [0.25, 0.3) is 0 Å². The summed E-state index contributed by atoms with van der Waals surface area (Å²) in [6.07, 6.45) is 0. The van der Waals surface area contributed by atoms with Gasteiger partial charge in [-0.2, -0.15) is 0 Å². The Morgan fingerprint density at radius 2 is 1.22 bits per heavy atom. The minimum absolute atomic E-state index is 0.138. The summed E-state index contributed by atoms with van der Waals surface area (Å²) in [7, 11) is -2.68. The van der Waals surface area contributed by atoms with Gasteiger partial charge in [0.1, 0.15) is 5.75 Å². The van der Waals surface area contributed by atoms with Crippen LogP contribution in [0.1, 0.15) is 31.1 Å². The summed E-state index contributed by atoms with van der Waals surface area (Å²) >= 11 is 0. The molecule has 3 rings (SSSR count). The molecule has 4 heteroatoms. The van der Waals surface area contributed by atoms with E-state index in [0.717, 1.165) is 0 Å². The van der Waals surface area contributed by atoms with Crippen LogP contribution in [-0.4, -0.2) is 19.4 Å². The van der Waals surface area contributed by atoms with Crippen molar-refractivity contribution in [2.45, 2.75) is 25.8 Å². The van der Waals surface area contributed by atoms with Gasteiger partial charge < -0.3 is 9.53 Å². The van der Waals surface area contributed by atoms with Crippen LogP contribution in [0.2, 0.25) is 5.04 Å². The number of hydrogen-bond acceptors (Lipinski definition) is 2. The second kappa shape index (κ2) is 7.41. The molecule has 0 bridgehead atoms. The summed E-state index contributed by atoms with van der Waals surface area (Å²) < 4.78 is 6.82. The predicted molar refractivity (Wildman–Crippen MR) is 112 cm³/mol. The molecule has 0 saturated heterocycles. The van der Waals surface area contributed by atoms with Crippen LogP contribution in [0.3, 0.4) is 0 Å². The average molecular weight is 377 g/mol. The average Bonchev–Trinajstić information content (AvgIpc) is 2.67. The Morgan fingerprint density at radius 1 is 0.778 bits per heavy atom. The maximum absolute atomic E-state index is 11.2. The van der Waals surface area contributed by atoms with Crippen LogP contribution >= 0.6 is 0 Å². The Hall–Kier alpha value is -2.85. The molecule has 0 aliphatic carbocycles. The van der Waals surface area contributed by atoms with Crippen LogP contribution in [0.4, 0.5) is 0 Å². The molecule has 1 N–H and O–H groups in total. The van der Waals surface area contributed by atoms with E-state index >= 15 is 0 Å². The van der Waals surface area contributed by atoms with Crippen molar-refractivity contribution in [3.05, 3.63) is 90.5 Å². The molecule has 0 aliphatic rings. The molecule has 27 heavy (non-hydrogen) atoms. The van der Waals surface area contributed by atoms with Gasteiger partial charge in [-0.15, -0.1) is 0 Å². The van der Waals surface area contributed by atoms with Crippen molar-refractivity contribution in [2.75, 3.05) is 0 Å². The summed E-state index contributed by atoms with van der Waals surface area (Å²) in [6, 6.07) is 27.4. The zero-order chi connectivity index (χ0) is 19.5. The maximum Gasteiger partial charge on any atom is 0.335 e. The number of benzene rings is 3. The molecule has 0 atom stereocenters. The van der Waals surface area contributed by atoms with Crippen LogP contribution in [0.5, 0.6) is 5.75 Å². The first kappa shape index (κ1) is 18.9. The standard InChI is InChI=1S/C23H24O3Si/c1-23(2,3)27(20-10-6-4-7-11-20,21-12-8-5-9-13-21)26-19-16-14-18(15-17-19)22(24)25/h4-17H,1-3H3,(H,24,25). The molecule has 0 heterocycles. The van der Waals surface area contributed by atoms with E-state index in [1.54, 1.807) is 24.3 Å². The van der Waals surface area contributed by atoms with Gasteiger partial charge in [-0.3, -0.25) is 0 Å². The van der Waals surface area contributed by atoms with Gasteiger partial charge in [0, 0.05) is 0 Å². The van der Waals surface area contributed by atoms with E-state index in [9.17, 15) is 4.79 Å². The van der Waals surface area contributed by atoms with Crippen LogP contribution in [0, 0.1) is 0 Å². The van der Waals surface area contributed by atoms with Crippen molar-refractivity contribution in [1.82, 2.24) is 0 Å². The minimum atomic E-state index is -2.68. The largest absolute Gasteiger partial charge is 0.534 e.